The molecule has 0 aliphatic carbocycles. The summed E-state index contributed by atoms with van der Waals surface area (Å²) < 4.78 is 5.20. The van der Waals surface area contributed by atoms with E-state index >= 15 is 0 Å². The molecular formula is C20H29N3O3. The summed E-state index contributed by atoms with van der Waals surface area (Å²) in [6, 6.07) is 4.40. The number of hydrogen-bond donors (Lipinski definition) is 1. The fourth-order valence-corrected chi connectivity index (χ4v) is 4.92. The molecular weight excluding hydrogens is 330 g/mol. The van der Waals surface area contributed by atoms with Gasteiger partial charge in [0, 0.05) is 31.2 Å². The van der Waals surface area contributed by atoms with Crippen LogP contribution in [-0.2, 0) is 4.79 Å². The Morgan fingerprint density at radius 3 is 2.46 bits per heavy atom. The van der Waals surface area contributed by atoms with E-state index in [9.17, 15) is 9.59 Å². The average Bonchev–Trinajstić information content (AvgIpc) is 3.18. The smallest absolute Gasteiger partial charge is 0.287 e. The van der Waals surface area contributed by atoms with Crippen molar-refractivity contribution in [1.82, 2.24) is 15.1 Å². The van der Waals surface area contributed by atoms with Crippen LogP contribution in [0.4, 0.5) is 0 Å². The number of amides is 2. The van der Waals surface area contributed by atoms with E-state index in [1.165, 1.54) is 19.1 Å². The lowest BCUT2D eigenvalue weighted by Gasteiger charge is -2.49. The Hall–Kier alpha value is -1.82. The number of piperidine rings is 3. The number of nitrogens with one attached hydrogen (secondary N) is 1. The number of carbonyl (C=O) groups is 2. The van der Waals surface area contributed by atoms with Crippen LogP contribution in [0.2, 0.25) is 0 Å². The lowest BCUT2D eigenvalue weighted by molar-refractivity contribution is -0.136. The van der Waals surface area contributed by atoms with Crippen LogP contribution in [-0.4, -0.2) is 59.4 Å². The highest BCUT2D eigenvalue weighted by molar-refractivity contribution is 5.91. The third-order valence-corrected chi connectivity index (χ3v) is 6.23. The molecule has 3 fully saturated rings. The molecule has 1 N–H and O–H groups in total. The second-order valence-electron chi connectivity index (χ2n) is 7.97. The van der Waals surface area contributed by atoms with E-state index in [2.05, 4.69) is 10.2 Å². The van der Waals surface area contributed by atoms with Gasteiger partial charge in [-0.3, -0.25) is 14.5 Å². The van der Waals surface area contributed by atoms with E-state index in [4.69, 9.17) is 4.42 Å². The minimum Gasteiger partial charge on any atom is -0.459 e. The van der Waals surface area contributed by atoms with Crippen molar-refractivity contribution in [3.05, 3.63) is 24.2 Å². The molecule has 0 radical (unpaired) electrons. The van der Waals surface area contributed by atoms with Crippen LogP contribution >= 0.6 is 0 Å². The van der Waals surface area contributed by atoms with Gasteiger partial charge in [-0.15, -0.1) is 0 Å². The van der Waals surface area contributed by atoms with Gasteiger partial charge >= 0.3 is 0 Å². The molecule has 0 spiro atoms. The second kappa shape index (κ2) is 7.82. The molecule has 3 aliphatic heterocycles. The second-order valence-corrected chi connectivity index (χ2v) is 7.97. The molecule has 2 bridgehead atoms. The minimum absolute atomic E-state index is 0.129. The summed E-state index contributed by atoms with van der Waals surface area (Å²) >= 11 is 0. The standard InChI is InChI=1S/C20H29N3O3/c24-19(22-9-2-1-3-10-22)14-23-16-6-4-7-17(23)13-15(12-16)21-20(25)18-8-5-11-26-18/h5,8,11,15-17H,1-4,6-7,9-10,12-14H2,(H,21,25)/t15?,16-,17+. The topological polar surface area (TPSA) is 65.8 Å². The first kappa shape index (κ1) is 17.6. The first-order valence-electron chi connectivity index (χ1n) is 10.1. The number of likely N-dealkylation sites (tertiary alicyclic amines) is 1. The summed E-state index contributed by atoms with van der Waals surface area (Å²) in [6.07, 6.45) is 10.4. The zero-order chi connectivity index (χ0) is 17.9. The molecule has 2 amide bonds. The van der Waals surface area contributed by atoms with E-state index in [0.717, 1.165) is 51.6 Å². The maximum absolute atomic E-state index is 12.7. The zero-order valence-corrected chi connectivity index (χ0v) is 15.4. The Bertz CT molecular complexity index is 610. The van der Waals surface area contributed by atoms with Gasteiger partial charge in [-0.2, -0.15) is 0 Å². The zero-order valence-electron chi connectivity index (χ0n) is 15.4. The number of nitrogens with zero attached hydrogens (tertiary/aromatic N) is 2. The number of hydrogen-bond acceptors (Lipinski definition) is 4. The van der Waals surface area contributed by atoms with Crippen molar-refractivity contribution in [3.63, 3.8) is 0 Å². The average molecular weight is 359 g/mol. The van der Waals surface area contributed by atoms with Gasteiger partial charge in [0.2, 0.25) is 5.91 Å². The van der Waals surface area contributed by atoms with Gasteiger partial charge in [0.05, 0.1) is 12.8 Å². The number of carbonyl (C=O) groups excluding carboxylic acids is 2. The maximum Gasteiger partial charge on any atom is 0.287 e. The van der Waals surface area contributed by atoms with Gasteiger partial charge in [-0.05, 0) is 57.1 Å². The van der Waals surface area contributed by atoms with Crippen molar-refractivity contribution < 1.29 is 14.0 Å². The molecule has 3 aliphatic rings. The number of fused-ring (bicyclic) bond motifs is 2. The predicted octanol–water partition coefficient (Wildman–Crippen LogP) is 2.41. The van der Waals surface area contributed by atoms with Gasteiger partial charge in [0.15, 0.2) is 5.76 Å². The first-order chi connectivity index (χ1) is 12.7. The summed E-state index contributed by atoms with van der Waals surface area (Å²) in [5.74, 6) is 0.536. The lowest BCUT2D eigenvalue weighted by Crippen LogP contribution is -2.59. The Morgan fingerprint density at radius 2 is 1.81 bits per heavy atom. The van der Waals surface area contributed by atoms with Gasteiger partial charge < -0.3 is 14.6 Å². The molecule has 26 heavy (non-hydrogen) atoms. The normalized spacial score (nSPS) is 29.4. The molecule has 0 saturated carbocycles. The summed E-state index contributed by atoms with van der Waals surface area (Å²) in [7, 11) is 0. The summed E-state index contributed by atoms with van der Waals surface area (Å²) in [4.78, 5) is 29.5. The largest absolute Gasteiger partial charge is 0.459 e. The molecule has 3 saturated heterocycles. The monoisotopic (exact) mass is 359 g/mol. The highest BCUT2D eigenvalue weighted by Gasteiger charge is 2.40. The van der Waals surface area contributed by atoms with Crippen molar-refractivity contribution >= 4 is 11.8 Å². The molecule has 142 valence electrons. The molecule has 4 heterocycles. The van der Waals surface area contributed by atoms with Crippen LogP contribution in [0.15, 0.2) is 22.8 Å². The molecule has 0 aromatic carbocycles. The van der Waals surface area contributed by atoms with Crippen LogP contribution in [0.3, 0.4) is 0 Å². The summed E-state index contributed by atoms with van der Waals surface area (Å²) in [5, 5.41) is 3.13. The van der Waals surface area contributed by atoms with Gasteiger partial charge in [-0.25, -0.2) is 0 Å². The van der Waals surface area contributed by atoms with Crippen molar-refractivity contribution in [2.24, 2.45) is 0 Å². The van der Waals surface area contributed by atoms with Crippen molar-refractivity contribution in [2.45, 2.75) is 69.5 Å². The van der Waals surface area contributed by atoms with E-state index in [-0.39, 0.29) is 11.9 Å². The van der Waals surface area contributed by atoms with Gasteiger partial charge in [-0.1, -0.05) is 6.42 Å². The Labute approximate surface area is 154 Å². The lowest BCUT2D eigenvalue weighted by atomic mass is 9.81. The Balaban J connectivity index is 1.35. The van der Waals surface area contributed by atoms with Gasteiger partial charge in [0.1, 0.15) is 0 Å². The number of rotatable bonds is 4. The highest BCUT2D eigenvalue weighted by Crippen LogP contribution is 2.34. The molecule has 6 nitrogen and oxygen atoms in total. The van der Waals surface area contributed by atoms with Crippen LogP contribution in [0, 0.1) is 0 Å². The molecule has 4 rings (SSSR count). The quantitative estimate of drug-likeness (QED) is 0.897. The maximum atomic E-state index is 12.7. The van der Waals surface area contributed by atoms with E-state index in [0.29, 0.717) is 30.3 Å². The fraction of sp³-hybridized carbons (Fsp3) is 0.700. The Kier molecular flexibility index (Phi) is 5.29. The highest BCUT2D eigenvalue weighted by atomic mass is 16.3. The van der Waals surface area contributed by atoms with E-state index in [1.54, 1.807) is 12.1 Å². The first-order valence-corrected chi connectivity index (χ1v) is 10.1. The van der Waals surface area contributed by atoms with Crippen molar-refractivity contribution in [3.8, 4) is 0 Å². The molecule has 1 aromatic rings. The van der Waals surface area contributed by atoms with Gasteiger partial charge in [0.25, 0.3) is 5.91 Å². The SMILES string of the molecule is O=C(NC1C[C@H]2CCC[C@@H](C1)N2CC(=O)N1CCCCC1)c1ccco1. The Morgan fingerprint density at radius 1 is 1.08 bits per heavy atom. The molecule has 6 heteroatoms. The van der Waals surface area contributed by atoms with Crippen molar-refractivity contribution in [2.75, 3.05) is 19.6 Å². The summed E-state index contributed by atoms with van der Waals surface area (Å²) in [5.41, 5.74) is 0. The predicted molar refractivity (Wildman–Crippen MR) is 97.8 cm³/mol. The van der Waals surface area contributed by atoms with Crippen molar-refractivity contribution in [1.29, 1.82) is 0 Å². The molecule has 1 unspecified atom stereocenters. The fourth-order valence-electron chi connectivity index (χ4n) is 4.92. The molecule has 3 atom stereocenters. The van der Waals surface area contributed by atoms with Crippen LogP contribution in [0.5, 0.6) is 0 Å². The minimum atomic E-state index is -0.129. The molecule has 1 aromatic heterocycles. The third kappa shape index (κ3) is 3.80. The summed E-state index contributed by atoms with van der Waals surface area (Å²) in [6.45, 7) is 2.39. The number of furan rings is 1. The van der Waals surface area contributed by atoms with E-state index < -0.39 is 0 Å². The van der Waals surface area contributed by atoms with E-state index in [1.807, 2.05) is 4.90 Å². The van der Waals surface area contributed by atoms with Crippen LogP contribution in [0.25, 0.3) is 0 Å². The third-order valence-electron chi connectivity index (χ3n) is 6.23. The van der Waals surface area contributed by atoms with Crippen LogP contribution < -0.4 is 5.32 Å². The van der Waals surface area contributed by atoms with Crippen LogP contribution in [0.1, 0.15) is 61.9 Å².